The van der Waals surface area contributed by atoms with Gasteiger partial charge in [-0.3, -0.25) is 0 Å². The van der Waals surface area contributed by atoms with Crippen LogP contribution in [0.4, 0.5) is 0 Å². The first-order valence-electron chi connectivity index (χ1n) is 5.26. The van der Waals surface area contributed by atoms with E-state index in [9.17, 15) is 0 Å². The minimum Gasteiger partial charge on any atom is -0.305 e. The summed E-state index contributed by atoms with van der Waals surface area (Å²) in [4.78, 5) is 0. The molecule has 0 spiro atoms. The number of rotatable bonds is 5. The van der Waals surface area contributed by atoms with E-state index in [1.807, 2.05) is 0 Å². The van der Waals surface area contributed by atoms with Crippen molar-refractivity contribution < 1.29 is 0 Å². The maximum atomic E-state index is 3.82. The van der Waals surface area contributed by atoms with Gasteiger partial charge in [0.1, 0.15) is 0 Å². The van der Waals surface area contributed by atoms with E-state index >= 15 is 0 Å². The molecule has 1 rings (SSSR count). The predicted octanol–water partition coefficient (Wildman–Crippen LogP) is 3.94. The lowest BCUT2D eigenvalue weighted by Crippen LogP contribution is -2.21. The van der Waals surface area contributed by atoms with Gasteiger partial charge in [0.25, 0.3) is 0 Å². The van der Waals surface area contributed by atoms with E-state index in [1.54, 1.807) is 0 Å². The van der Waals surface area contributed by atoms with Crippen LogP contribution in [0.3, 0.4) is 0 Å². The second-order valence-corrected chi connectivity index (χ2v) is 4.89. The van der Waals surface area contributed by atoms with Gasteiger partial charge in [-0.1, -0.05) is 59.3 Å². The Morgan fingerprint density at radius 3 is 2.47 bits per heavy atom. The summed E-state index contributed by atoms with van der Waals surface area (Å²) in [6.45, 7) is 8.93. The second kappa shape index (κ2) is 6.09. The zero-order valence-electron chi connectivity index (χ0n) is 9.39. The number of nitrogens with one attached hydrogen (secondary N) is 1. The lowest BCUT2D eigenvalue weighted by atomic mass is 10.0. The Kier molecular flexibility index (Phi) is 5.06. The summed E-state index contributed by atoms with van der Waals surface area (Å²) in [5, 5.41) is 3.46. The van der Waals surface area contributed by atoms with Gasteiger partial charge in [-0.15, -0.1) is 0 Å². The molecule has 0 aliphatic heterocycles. The molecule has 0 saturated carbocycles. The number of halogens is 1. The first-order valence-corrected chi connectivity index (χ1v) is 6.06. The molecule has 15 heavy (non-hydrogen) atoms. The molecule has 1 aromatic carbocycles. The molecular weight excluding hydrogens is 250 g/mol. The maximum Gasteiger partial charge on any atom is 0.0320 e. The zero-order valence-corrected chi connectivity index (χ0v) is 11.0. The fraction of sp³-hybridized carbons (Fsp3) is 0.385. The first kappa shape index (κ1) is 12.5. The molecule has 1 N–H and O–H groups in total. The Morgan fingerprint density at radius 1 is 1.40 bits per heavy atom. The second-order valence-electron chi connectivity index (χ2n) is 3.77. The fourth-order valence-corrected chi connectivity index (χ4v) is 1.69. The molecular formula is C13H18BrN. The SMILES string of the molecule is C=C(Br)CNC(CC)c1ccc(C)cc1. The molecule has 82 valence electrons. The molecule has 1 aromatic rings. The van der Waals surface area contributed by atoms with Gasteiger partial charge in [0.05, 0.1) is 0 Å². The van der Waals surface area contributed by atoms with Crippen molar-refractivity contribution in [1.82, 2.24) is 5.32 Å². The van der Waals surface area contributed by atoms with Crippen LogP contribution in [0.5, 0.6) is 0 Å². The van der Waals surface area contributed by atoms with Gasteiger partial charge in [0.2, 0.25) is 0 Å². The van der Waals surface area contributed by atoms with Crippen LogP contribution < -0.4 is 5.32 Å². The smallest absolute Gasteiger partial charge is 0.0320 e. The summed E-state index contributed by atoms with van der Waals surface area (Å²) in [6, 6.07) is 9.10. The largest absolute Gasteiger partial charge is 0.305 e. The van der Waals surface area contributed by atoms with Gasteiger partial charge < -0.3 is 5.32 Å². The molecule has 0 aromatic heterocycles. The molecule has 1 nitrogen and oxygen atoms in total. The van der Waals surface area contributed by atoms with Crippen molar-refractivity contribution in [2.24, 2.45) is 0 Å². The average molecular weight is 268 g/mol. The summed E-state index contributed by atoms with van der Waals surface area (Å²) in [5.74, 6) is 0. The van der Waals surface area contributed by atoms with Gasteiger partial charge in [-0.25, -0.2) is 0 Å². The van der Waals surface area contributed by atoms with Crippen molar-refractivity contribution in [3.8, 4) is 0 Å². The first-order chi connectivity index (χ1) is 7.13. The van der Waals surface area contributed by atoms with E-state index in [4.69, 9.17) is 0 Å². The number of aryl methyl sites for hydroxylation is 1. The Labute approximate surface area is 101 Å². The Bertz CT molecular complexity index is 316. The van der Waals surface area contributed by atoms with Crippen LogP contribution in [0.25, 0.3) is 0 Å². The highest BCUT2D eigenvalue weighted by atomic mass is 79.9. The standard InChI is InChI=1S/C13H18BrN/c1-4-13(15-9-11(3)14)12-7-5-10(2)6-8-12/h5-8,13,15H,3-4,9H2,1-2H3. The normalized spacial score (nSPS) is 12.5. The number of hydrogen-bond acceptors (Lipinski definition) is 1. The minimum atomic E-state index is 0.417. The molecule has 0 amide bonds. The van der Waals surface area contributed by atoms with E-state index in [0.717, 1.165) is 17.4 Å². The third kappa shape index (κ3) is 4.18. The van der Waals surface area contributed by atoms with Crippen molar-refractivity contribution in [3.63, 3.8) is 0 Å². The van der Waals surface area contributed by atoms with Crippen LogP contribution in [-0.4, -0.2) is 6.54 Å². The van der Waals surface area contributed by atoms with Gasteiger partial charge in [-0.05, 0) is 18.9 Å². The number of benzene rings is 1. The third-order valence-electron chi connectivity index (χ3n) is 2.43. The van der Waals surface area contributed by atoms with Crippen LogP contribution >= 0.6 is 15.9 Å². The molecule has 0 fully saturated rings. The third-order valence-corrected chi connectivity index (χ3v) is 2.71. The molecule has 2 heteroatoms. The van der Waals surface area contributed by atoms with Crippen molar-refractivity contribution in [2.75, 3.05) is 6.54 Å². The Balaban J connectivity index is 2.65. The summed E-state index contributed by atoms with van der Waals surface area (Å²) >= 11 is 3.36. The zero-order chi connectivity index (χ0) is 11.3. The van der Waals surface area contributed by atoms with Crippen LogP contribution in [0.1, 0.15) is 30.5 Å². The van der Waals surface area contributed by atoms with E-state index in [2.05, 4.69) is 65.9 Å². The molecule has 0 aliphatic carbocycles. The van der Waals surface area contributed by atoms with Crippen molar-refractivity contribution in [3.05, 3.63) is 46.5 Å². The van der Waals surface area contributed by atoms with Crippen molar-refractivity contribution in [1.29, 1.82) is 0 Å². The van der Waals surface area contributed by atoms with Crippen LogP contribution in [0, 0.1) is 6.92 Å². The van der Waals surface area contributed by atoms with Crippen LogP contribution in [-0.2, 0) is 0 Å². The van der Waals surface area contributed by atoms with Gasteiger partial charge in [0, 0.05) is 17.1 Å². The summed E-state index contributed by atoms with van der Waals surface area (Å²) in [5.41, 5.74) is 2.65. The summed E-state index contributed by atoms with van der Waals surface area (Å²) in [6.07, 6.45) is 1.09. The molecule has 1 atom stereocenters. The molecule has 0 radical (unpaired) electrons. The van der Waals surface area contributed by atoms with E-state index in [1.165, 1.54) is 11.1 Å². The minimum absolute atomic E-state index is 0.417. The van der Waals surface area contributed by atoms with E-state index in [0.29, 0.717) is 6.04 Å². The molecule has 0 aliphatic rings. The fourth-order valence-electron chi connectivity index (χ4n) is 1.53. The predicted molar refractivity (Wildman–Crippen MR) is 70.3 cm³/mol. The van der Waals surface area contributed by atoms with Crippen LogP contribution in [0.15, 0.2) is 35.3 Å². The topological polar surface area (TPSA) is 12.0 Å². The van der Waals surface area contributed by atoms with Crippen LogP contribution in [0.2, 0.25) is 0 Å². The highest BCUT2D eigenvalue weighted by Crippen LogP contribution is 2.17. The highest BCUT2D eigenvalue weighted by molar-refractivity contribution is 9.11. The average Bonchev–Trinajstić information content (AvgIpc) is 2.21. The van der Waals surface area contributed by atoms with E-state index < -0.39 is 0 Å². The van der Waals surface area contributed by atoms with Crippen molar-refractivity contribution in [2.45, 2.75) is 26.3 Å². The van der Waals surface area contributed by atoms with E-state index in [-0.39, 0.29) is 0 Å². The maximum absolute atomic E-state index is 3.82. The number of hydrogen-bond donors (Lipinski definition) is 1. The van der Waals surface area contributed by atoms with Gasteiger partial charge in [-0.2, -0.15) is 0 Å². The molecule has 0 heterocycles. The lowest BCUT2D eigenvalue weighted by Gasteiger charge is -2.17. The van der Waals surface area contributed by atoms with Gasteiger partial charge in [0.15, 0.2) is 0 Å². The monoisotopic (exact) mass is 267 g/mol. The van der Waals surface area contributed by atoms with Gasteiger partial charge >= 0.3 is 0 Å². The quantitative estimate of drug-likeness (QED) is 0.852. The summed E-state index contributed by atoms with van der Waals surface area (Å²) < 4.78 is 0.994. The Hall–Kier alpha value is -0.600. The molecule has 1 unspecified atom stereocenters. The molecule has 0 saturated heterocycles. The lowest BCUT2D eigenvalue weighted by molar-refractivity contribution is 0.550. The molecule has 0 bridgehead atoms. The summed E-state index contributed by atoms with van der Waals surface area (Å²) in [7, 11) is 0. The highest BCUT2D eigenvalue weighted by Gasteiger charge is 2.07. The van der Waals surface area contributed by atoms with Crippen molar-refractivity contribution >= 4 is 15.9 Å². The Morgan fingerprint density at radius 2 is 2.00 bits per heavy atom.